The summed E-state index contributed by atoms with van der Waals surface area (Å²) >= 11 is 0. The van der Waals surface area contributed by atoms with Crippen molar-refractivity contribution >= 4 is 5.91 Å². The maximum absolute atomic E-state index is 12.9. The van der Waals surface area contributed by atoms with Crippen LogP contribution in [0, 0.1) is 13.8 Å². The first kappa shape index (κ1) is 18.5. The van der Waals surface area contributed by atoms with E-state index in [-0.39, 0.29) is 11.9 Å². The molecular formula is C18H26N6O2. The molecule has 0 spiro atoms. The number of hydrogen-bond acceptors (Lipinski definition) is 6. The predicted octanol–water partition coefficient (Wildman–Crippen LogP) is 0.870. The third kappa shape index (κ3) is 4.64. The van der Waals surface area contributed by atoms with Crippen LogP contribution in [0.2, 0.25) is 0 Å². The highest BCUT2D eigenvalue weighted by atomic mass is 16.5. The van der Waals surface area contributed by atoms with Crippen molar-refractivity contribution in [2.75, 3.05) is 32.8 Å². The first-order valence-electron chi connectivity index (χ1n) is 9.02. The second-order valence-electron chi connectivity index (χ2n) is 6.41. The van der Waals surface area contributed by atoms with Gasteiger partial charge in [0.05, 0.1) is 13.2 Å². The van der Waals surface area contributed by atoms with E-state index in [2.05, 4.69) is 25.3 Å². The molecule has 8 nitrogen and oxygen atoms in total. The Hall–Kier alpha value is -2.32. The van der Waals surface area contributed by atoms with Gasteiger partial charge in [0.15, 0.2) is 0 Å². The van der Waals surface area contributed by atoms with Crippen molar-refractivity contribution in [2.24, 2.45) is 0 Å². The number of nitrogens with one attached hydrogen (secondary N) is 1. The molecule has 0 aromatic carbocycles. The third-order valence-corrected chi connectivity index (χ3v) is 4.47. The third-order valence-electron chi connectivity index (χ3n) is 4.47. The predicted molar refractivity (Wildman–Crippen MR) is 96.5 cm³/mol. The van der Waals surface area contributed by atoms with Crippen LogP contribution >= 0.6 is 0 Å². The molecule has 0 saturated carbocycles. The summed E-state index contributed by atoms with van der Waals surface area (Å²) in [6.07, 6.45) is 4.29. The first-order valence-corrected chi connectivity index (χ1v) is 9.02. The average Bonchev–Trinajstić information content (AvgIpc) is 2.98. The normalized spacial score (nSPS) is 16.4. The summed E-state index contributed by atoms with van der Waals surface area (Å²) in [7, 11) is 0. The van der Waals surface area contributed by atoms with Gasteiger partial charge in [-0.25, -0.2) is 4.98 Å². The van der Waals surface area contributed by atoms with Crippen molar-refractivity contribution in [1.82, 2.24) is 30.0 Å². The number of aromatic nitrogens is 4. The molecule has 1 saturated heterocycles. The number of ether oxygens (including phenoxy) is 1. The maximum atomic E-state index is 12.9. The monoisotopic (exact) mass is 358 g/mol. The second-order valence-corrected chi connectivity index (χ2v) is 6.41. The smallest absolute Gasteiger partial charge is 0.242 e. The number of aryl methyl sites for hydroxylation is 3. The molecule has 1 atom stereocenters. The average molecular weight is 358 g/mol. The van der Waals surface area contributed by atoms with Crippen LogP contribution in [0.5, 0.6) is 0 Å². The van der Waals surface area contributed by atoms with E-state index in [1.165, 1.54) is 0 Å². The van der Waals surface area contributed by atoms with E-state index in [1.807, 2.05) is 30.7 Å². The number of rotatable bonds is 7. The standard InChI is InChI=1S/C18H26N6O2/c1-14-21-15(2)24(22-14)8-4-7-20-18(25)17(16-5-3-6-19-13-16)23-9-11-26-12-10-23/h3,5-6,13,17H,4,7-12H2,1-2H3,(H,20,25)/t17-/m0/s1. The Labute approximate surface area is 153 Å². The van der Waals surface area contributed by atoms with E-state index in [0.29, 0.717) is 19.8 Å². The molecule has 1 amide bonds. The fraction of sp³-hybridized carbons (Fsp3) is 0.556. The Morgan fingerprint density at radius 2 is 2.15 bits per heavy atom. The van der Waals surface area contributed by atoms with Gasteiger partial charge < -0.3 is 10.1 Å². The van der Waals surface area contributed by atoms with Crippen LogP contribution < -0.4 is 5.32 Å². The Bertz CT molecular complexity index is 712. The Morgan fingerprint density at radius 1 is 1.35 bits per heavy atom. The fourth-order valence-electron chi connectivity index (χ4n) is 3.21. The molecule has 2 aromatic rings. The van der Waals surface area contributed by atoms with Crippen molar-refractivity contribution in [3.05, 3.63) is 41.7 Å². The highest BCUT2D eigenvalue weighted by Gasteiger charge is 2.28. The molecule has 0 radical (unpaired) electrons. The Kier molecular flexibility index (Phi) is 6.30. The van der Waals surface area contributed by atoms with Crippen LogP contribution in [0.1, 0.15) is 29.7 Å². The molecule has 140 valence electrons. The molecule has 0 bridgehead atoms. The summed E-state index contributed by atoms with van der Waals surface area (Å²) in [5, 5.41) is 7.41. The Morgan fingerprint density at radius 3 is 2.81 bits per heavy atom. The van der Waals surface area contributed by atoms with E-state index >= 15 is 0 Å². The lowest BCUT2D eigenvalue weighted by Gasteiger charge is -2.33. The fourth-order valence-corrected chi connectivity index (χ4v) is 3.21. The number of morpholine rings is 1. The van der Waals surface area contributed by atoms with Gasteiger partial charge in [-0.15, -0.1) is 0 Å². The minimum absolute atomic E-state index is 0.00592. The van der Waals surface area contributed by atoms with E-state index < -0.39 is 0 Å². The topological polar surface area (TPSA) is 85.2 Å². The second kappa shape index (κ2) is 8.86. The molecule has 1 N–H and O–H groups in total. The lowest BCUT2D eigenvalue weighted by Crippen LogP contribution is -2.46. The summed E-state index contributed by atoms with van der Waals surface area (Å²) < 4.78 is 7.30. The Balaban J connectivity index is 1.57. The van der Waals surface area contributed by atoms with E-state index in [0.717, 1.165) is 43.3 Å². The van der Waals surface area contributed by atoms with Crippen molar-refractivity contribution in [1.29, 1.82) is 0 Å². The van der Waals surface area contributed by atoms with Crippen LogP contribution in [-0.2, 0) is 16.1 Å². The number of amides is 1. The first-order chi connectivity index (χ1) is 12.6. The summed E-state index contributed by atoms with van der Waals surface area (Å²) in [6, 6.07) is 3.49. The van der Waals surface area contributed by atoms with Crippen molar-refractivity contribution in [3.8, 4) is 0 Å². The van der Waals surface area contributed by atoms with Gasteiger partial charge in [-0.3, -0.25) is 19.4 Å². The van der Waals surface area contributed by atoms with Gasteiger partial charge in [0, 0.05) is 38.6 Å². The molecule has 8 heteroatoms. The zero-order valence-corrected chi connectivity index (χ0v) is 15.4. The molecular weight excluding hydrogens is 332 g/mol. The maximum Gasteiger partial charge on any atom is 0.242 e. The molecule has 3 rings (SSSR count). The quantitative estimate of drug-likeness (QED) is 0.739. The number of nitrogens with zero attached hydrogens (tertiary/aromatic N) is 5. The van der Waals surface area contributed by atoms with Crippen LogP contribution in [0.15, 0.2) is 24.5 Å². The van der Waals surface area contributed by atoms with Crippen LogP contribution in [0.4, 0.5) is 0 Å². The van der Waals surface area contributed by atoms with E-state index in [9.17, 15) is 4.79 Å². The SMILES string of the molecule is Cc1nc(C)n(CCCNC(=O)[C@H](c2cccnc2)N2CCOCC2)n1. The van der Waals surface area contributed by atoms with Crippen molar-refractivity contribution in [3.63, 3.8) is 0 Å². The van der Waals surface area contributed by atoms with Gasteiger partial charge in [0.25, 0.3) is 0 Å². The molecule has 1 aliphatic heterocycles. The van der Waals surface area contributed by atoms with Crippen LogP contribution in [0.3, 0.4) is 0 Å². The van der Waals surface area contributed by atoms with Crippen LogP contribution in [-0.4, -0.2) is 63.4 Å². The van der Waals surface area contributed by atoms with Gasteiger partial charge >= 0.3 is 0 Å². The summed E-state index contributed by atoms with van der Waals surface area (Å²) in [4.78, 5) is 23.5. The van der Waals surface area contributed by atoms with E-state index in [1.54, 1.807) is 12.4 Å². The molecule has 0 unspecified atom stereocenters. The lowest BCUT2D eigenvalue weighted by atomic mass is 10.1. The molecule has 1 aliphatic rings. The minimum atomic E-state index is -0.331. The summed E-state index contributed by atoms with van der Waals surface area (Å²) in [6.45, 7) is 7.93. The zero-order chi connectivity index (χ0) is 18.4. The van der Waals surface area contributed by atoms with Gasteiger partial charge in [0.1, 0.15) is 17.7 Å². The molecule has 1 fully saturated rings. The van der Waals surface area contributed by atoms with Crippen LogP contribution in [0.25, 0.3) is 0 Å². The molecule has 0 aliphatic carbocycles. The van der Waals surface area contributed by atoms with Gasteiger partial charge in [0.2, 0.25) is 5.91 Å². The molecule has 3 heterocycles. The number of hydrogen-bond donors (Lipinski definition) is 1. The lowest BCUT2D eigenvalue weighted by molar-refractivity contribution is -0.128. The molecule has 2 aromatic heterocycles. The minimum Gasteiger partial charge on any atom is -0.379 e. The summed E-state index contributed by atoms with van der Waals surface area (Å²) in [5.41, 5.74) is 0.912. The van der Waals surface area contributed by atoms with Gasteiger partial charge in [-0.05, 0) is 31.9 Å². The number of pyridine rings is 1. The zero-order valence-electron chi connectivity index (χ0n) is 15.4. The van der Waals surface area contributed by atoms with E-state index in [4.69, 9.17) is 4.74 Å². The summed E-state index contributed by atoms with van der Waals surface area (Å²) in [5.74, 6) is 1.68. The van der Waals surface area contributed by atoms with Crippen molar-refractivity contribution in [2.45, 2.75) is 32.9 Å². The number of carbonyl (C=O) groups excluding carboxylic acids is 1. The number of carbonyl (C=O) groups is 1. The molecule has 26 heavy (non-hydrogen) atoms. The largest absolute Gasteiger partial charge is 0.379 e. The van der Waals surface area contributed by atoms with Crippen molar-refractivity contribution < 1.29 is 9.53 Å². The van der Waals surface area contributed by atoms with Gasteiger partial charge in [-0.2, -0.15) is 5.10 Å². The highest BCUT2D eigenvalue weighted by molar-refractivity contribution is 5.83. The van der Waals surface area contributed by atoms with Gasteiger partial charge in [-0.1, -0.05) is 6.07 Å². The highest BCUT2D eigenvalue weighted by Crippen LogP contribution is 2.21.